The summed E-state index contributed by atoms with van der Waals surface area (Å²) in [5.74, 6) is 1.48. The van der Waals surface area contributed by atoms with Crippen LogP contribution in [0.4, 0.5) is 0 Å². The van der Waals surface area contributed by atoms with Crippen molar-refractivity contribution in [1.29, 1.82) is 0 Å². The molecule has 0 saturated carbocycles. The molecule has 1 atom stereocenters. The van der Waals surface area contributed by atoms with Gasteiger partial charge in [-0.15, -0.1) is 11.6 Å². The SMILES string of the molecule is CCCC(CCl)CCS(=O)(=O)CC. The molecule has 0 rings (SSSR count). The van der Waals surface area contributed by atoms with E-state index in [-0.39, 0.29) is 5.75 Å². The van der Waals surface area contributed by atoms with Gasteiger partial charge in [-0.25, -0.2) is 8.42 Å². The molecule has 0 aliphatic carbocycles. The molecule has 0 bridgehead atoms. The second-order valence-electron chi connectivity index (χ2n) is 3.33. The van der Waals surface area contributed by atoms with Crippen LogP contribution < -0.4 is 0 Å². The van der Waals surface area contributed by atoms with Crippen LogP contribution in [0.3, 0.4) is 0 Å². The van der Waals surface area contributed by atoms with Crippen molar-refractivity contribution in [2.75, 3.05) is 17.4 Å². The van der Waals surface area contributed by atoms with E-state index in [2.05, 4.69) is 6.92 Å². The van der Waals surface area contributed by atoms with Gasteiger partial charge in [0, 0.05) is 11.6 Å². The van der Waals surface area contributed by atoms with Crippen LogP contribution in [0, 0.1) is 5.92 Å². The van der Waals surface area contributed by atoms with Crippen molar-refractivity contribution >= 4 is 21.4 Å². The minimum Gasteiger partial charge on any atom is -0.229 e. The summed E-state index contributed by atoms with van der Waals surface area (Å²) in [7, 11) is -2.80. The van der Waals surface area contributed by atoms with E-state index in [1.54, 1.807) is 6.92 Å². The fraction of sp³-hybridized carbons (Fsp3) is 1.00. The average molecular weight is 227 g/mol. The van der Waals surface area contributed by atoms with Gasteiger partial charge in [0.15, 0.2) is 0 Å². The van der Waals surface area contributed by atoms with Crippen molar-refractivity contribution < 1.29 is 8.42 Å². The van der Waals surface area contributed by atoms with Crippen molar-refractivity contribution in [3.8, 4) is 0 Å². The largest absolute Gasteiger partial charge is 0.229 e. The lowest BCUT2D eigenvalue weighted by Crippen LogP contribution is -2.13. The Hall–Kier alpha value is 0.240. The molecule has 0 aromatic heterocycles. The molecular weight excluding hydrogens is 208 g/mol. The predicted molar refractivity (Wildman–Crippen MR) is 58.1 cm³/mol. The summed E-state index contributed by atoms with van der Waals surface area (Å²) in [5, 5.41) is 0. The van der Waals surface area contributed by atoms with Crippen LogP contribution in [0.15, 0.2) is 0 Å². The maximum absolute atomic E-state index is 11.2. The third-order valence-electron chi connectivity index (χ3n) is 2.19. The first-order valence-electron chi connectivity index (χ1n) is 4.82. The van der Waals surface area contributed by atoms with Crippen LogP contribution in [0.25, 0.3) is 0 Å². The van der Waals surface area contributed by atoms with Gasteiger partial charge in [0.2, 0.25) is 0 Å². The monoisotopic (exact) mass is 226 g/mol. The average Bonchev–Trinajstić information content (AvgIpc) is 2.12. The summed E-state index contributed by atoms with van der Waals surface area (Å²) in [6, 6.07) is 0. The zero-order valence-corrected chi connectivity index (χ0v) is 10.00. The summed E-state index contributed by atoms with van der Waals surface area (Å²) >= 11 is 5.72. The fourth-order valence-electron chi connectivity index (χ4n) is 1.20. The smallest absolute Gasteiger partial charge is 0.150 e. The van der Waals surface area contributed by atoms with Crippen LogP contribution in [0.5, 0.6) is 0 Å². The molecule has 0 radical (unpaired) electrons. The predicted octanol–water partition coefficient (Wildman–Crippen LogP) is 2.47. The molecule has 0 N–H and O–H groups in total. The molecule has 0 heterocycles. The molecule has 0 fully saturated rings. The number of hydrogen-bond donors (Lipinski definition) is 0. The van der Waals surface area contributed by atoms with E-state index in [4.69, 9.17) is 11.6 Å². The van der Waals surface area contributed by atoms with E-state index in [0.717, 1.165) is 12.8 Å². The van der Waals surface area contributed by atoms with Gasteiger partial charge in [-0.05, 0) is 18.8 Å². The fourth-order valence-corrected chi connectivity index (χ4v) is 2.49. The first kappa shape index (κ1) is 13.2. The standard InChI is InChI=1S/C9H19ClO2S/c1-3-5-9(8-10)6-7-13(11,12)4-2/h9H,3-8H2,1-2H3. The van der Waals surface area contributed by atoms with Crippen molar-refractivity contribution in [2.45, 2.75) is 33.1 Å². The molecule has 13 heavy (non-hydrogen) atoms. The van der Waals surface area contributed by atoms with Crippen LogP contribution in [-0.2, 0) is 9.84 Å². The third-order valence-corrected chi connectivity index (χ3v) is 4.37. The minimum atomic E-state index is -2.80. The first-order chi connectivity index (χ1) is 6.05. The second kappa shape index (κ2) is 6.66. The lowest BCUT2D eigenvalue weighted by molar-refractivity contribution is 0.508. The lowest BCUT2D eigenvalue weighted by Gasteiger charge is -2.11. The molecular formula is C9H19ClO2S. The highest BCUT2D eigenvalue weighted by molar-refractivity contribution is 7.91. The van der Waals surface area contributed by atoms with Gasteiger partial charge in [0.1, 0.15) is 9.84 Å². The van der Waals surface area contributed by atoms with Gasteiger partial charge in [0.25, 0.3) is 0 Å². The van der Waals surface area contributed by atoms with E-state index in [0.29, 0.717) is 24.0 Å². The Morgan fingerprint density at radius 3 is 2.23 bits per heavy atom. The van der Waals surface area contributed by atoms with Crippen molar-refractivity contribution in [2.24, 2.45) is 5.92 Å². The van der Waals surface area contributed by atoms with E-state index >= 15 is 0 Å². The number of alkyl halides is 1. The van der Waals surface area contributed by atoms with Gasteiger partial charge < -0.3 is 0 Å². The van der Waals surface area contributed by atoms with E-state index in [9.17, 15) is 8.42 Å². The molecule has 0 spiro atoms. The maximum atomic E-state index is 11.2. The molecule has 0 aliphatic rings. The minimum absolute atomic E-state index is 0.244. The number of hydrogen-bond acceptors (Lipinski definition) is 2. The lowest BCUT2D eigenvalue weighted by atomic mass is 10.0. The highest BCUT2D eigenvalue weighted by Crippen LogP contribution is 2.14. The van der Waals surface area contributed by atoms with Gasteiger partial charge >= 0.3 is 0 Å². The summed E-state index contributed by atoms with van der Waals surface area (Å²) in [6.07, 6.45) is 2.82. The zero-order chi connectivity index (χ0) is 10.3. The molecule has 0 aromatic carbocycles. The van der Waals surface area contributed by atoms with Crippen molar-refractivity contribution in [3.05, 3.63) is 0 Å². The molecule has 4 heteroatoms. The van der Waals surface area contributed by atoms with Gasteiger partial charge in [0.05, 0.1) is 5.75 Å². The van der Waals surface area contributed by atoms with Crippen LogP contribution in [-0.4, -0.2) is 25.8 Å². The van der Waals surface area contributed by atoms with Crippen molar-refractivity contribution in [3.63, 3.8) is 0 Å². The highest BCUT2D eigenvalue weighted by atomic mass is 35.5. The zero-order valence-electron chi connectivity index (χ0n) is 8.42. The molecule has 80 valence electrons. The molecule has 2 nitrogen and oxygen atoms in total. The van der Waals surface area contributed by atoms with Gasteiger partial charge in [-0.3, -0.25) is 0 Å². The van der Waals surface area contributed by atoms with E-state index < -0.39 is 9.84 Å². The number of rotatable bonds is 7. The third kappa shape index (κ3) is 6.33. The summed E-state index contributed by atoms with van der Waals surface area (Å²) in [6.45, 7) is 3.78. The molecule has 0 aromatic rings. The Morgan fingerprint density at radius 1 is 1.23 bits per heavy atom. The van der Waals surface area contributed by atoms with Crippen LogP contribution >= 0.6 is 11.6 Å². The quantitative estimate of drug-likeness (QED) is 0.625. The molecule has 0 saturated heterocycles. The van der Waals surface area contributed by atoms with Gasteiger partial charge in [-0.2, -0.15) is 0 Å². The molecule has 1 unspecified atom stereocenters. The van der Waals surface area contributed by atoms with Crippen LogP contribution in [0.2, 0.25) is 0 Å². The number of sulfone groups is 1. The van der Waals surface area contributed by atoms with Crippen LogP contribution in [0.1, 0.15) is 33.1 Å². The highest BCUT2D eigenvalue weighted by Gasteiger charge is 2.12. The summed E-state index contributed by atoms with van der Waals surface area (Å²) in [4.78, 5) is 0. The summed E-state index contributed by atoms with van der Waals surface area (Å²) in [5.41, 5.74) is 0. The first-order valence-corrected chi connectivity index (χ1v) is 7.17. The summed E-state index contributed by atoms with van der Waals surface area (Å²) < 4.78 is 22.4. The van der Waals surface area contributed by atoms with Crippen molar-refractivity contribution in [1.82, 2.24) is 0 Å². The Labute approximate surface area is 86.6 Å². The topological polar surface area (TPSA) is 34.1 Å². The number of halogens is 1. The Morgan fingerprint density at radius 2 is 1.85 bits per heavy atom. The Bertz CT molecular complexity index is 212. The normalized spacial score (nSPS) is 14.4. The van der Waals surface area contributed by atoms with E-state index in [1.165, 1.54) is 0 Å². The Kier molecular flexibility index (Phi) is 6.78. The maximum Gasteiger partial charge on any atom is 0.150 e. The van der Waals surface area contributed by atoms with E-state index in [1.807, 2.05) is 0 Å². The molecule has 0 aliphatic heterocycles. The Balaban J connectivity index is 3.84. The molecule has 0 amide bonds. The second-order valence-corrected chi connectivity index (χ2v) is 6.12. The van der Waals surface area contributed by atoms with Gasteiger partial charge in [-0.1, -0.05) is 20.3 Å².